The van der Waals surface area contributed by atoms with Crippen molar-refractivity contribution in [1.29, 1.82) is 0 Å². The molecule has 0 unspecified atom stereocenters. The molecule has 0 aliphatic carbocycles. The van der Waals surface area contributed by atoms with Gasteiger partial charge in [-0.15, -0.1) is 0 Å². The van der Waals surface area contributed by atoms with Crippen LogP contribution in [0.15, 0.2) is 54.6 Å². The molecule has 45 heavy (non-hydrogen) atoms. The molecule has 0 spiro atoms. The number of rotatable bonds is 13. The van der Waals surface area contributed by atoms with Crippen LogP contribution in [0.2, 0.25) is 0 Å². The van der Waals surface area contributed by atoms with Gasteiger partial charge in [-0.05, 0) is 63.8 Å². The molecule has 4 amide bonds. The zero-order valence-corrected chi connectivity index (χ0v) is 26.3. The van der Waals surface area contributed by atoms with E-state index in [1.54, 1.807) is 52.1 Å². The Morgan fingerprint density at radius 1 is 0.889 bits per heavy atom. The number of likely N-dealkylation sites (tertiary alicyclic amines) is 1. The maximum atomic E-state index is 13.7. The van der Waals surface area contributed by atoms with Crippen molar-refractivity contribution in [2.24, 2.45) is 0 Å². The van der Waals surface area contributed by atoms with Crippen LogP contribution in [-0.2, 0) is 41.5 Å². The van der Waals surface area contributed by atoms with Crippen molar-refractivity contribution in [2.45, 2.75) is 82.8 Å². The van der Waals surface area contributed by atoms with Crippen LogP contribution in [0.4, 0.5) is 4.79 Å². The monoisotopic (exact) mass is 622 g/mol. The average molecular weight is 623 g/mol. The largest absolute Gasteiger partial charge is 0.497 e. The normalized spacial score (nSPS) is 19.2. The van der Waals surface area contributed by atoms with E-state index >= 15 is 0 Å². The molecule has 2 aliphatic heterocycles. The van der Waals surface area contributed by atoms with E-state index in [2.05, 4.69) is 16.0 Å². The number of carbonyl (C=O) groups is 5. The maximum Gasteiger partial charge on any atom is 0.410 e. The van der Waals surface area contributed by atoms with Crippen LogP contribution < -0.4 is 20.7 Å². The number of Topliss-reactive ketones (excluding diaryl/α,β-unsaturated/α-hetero) is 1. The zero-order valence-electron chi connectivity index (χ0n) is 26.3. The van der Waals surface area contributed by atoms with Crippen molar-refractivity contribution in [3.63, 3.8) is 0 Å². The highest BCUT2D eigenvalue weighted by molar-refractivity contribution is 5.97. The SMILES string of the molecule is COc1ccc(C[C@H](NC(=O)[C@H](C)NC(=O)[C@@H]2CCN2C(=O)OC(C)(C)C)C(=O)N[C@@H](Cc2ccccc2)C(=O)[C@H]2CO2)cc1. The van der Waals surface area contributed by atoms with Crippen molar-refractivity contribution in [2.75, 3.05) is 20.3 Å². The second-order valence-corrected chi connectivity index (χ2v) is 12.3. The number of ether oxygens (including phenoxy) is 3. The fraction of sp³-hybridized carbons (Fsp3) is 0.485. The maximum absolute atomic E-state index is 13.7. The zero-order chi connectivity index (χ0) is 32.7. The lowest BCUT2D eigenvalue weighted by atomic mass is 9.99. The number of benzene rings is 2. The lowest BCUT2D eigenvalue weighted by molar-refractivity contribution is -0.136. The number of methoxy groups -OCH3 is 1. The Bertz CT molecular complexity index is 1370. The van der Waals surface area contributed by atoms with E-state index in [4.69, 9.17) is 14.2 Å². The van der Waals surface area contributed by atoms with Gasteiger partial charge in [0, 0.05) is 13.0 Å². The summed E-state index contributed by atoms with van der Waals surface area (Å²) in [4.78, 5) is 66.9. The molecular formula is C33H42N4O8. The summed E-state index contributed by atoms with van der Waals surface area (Å²) in [5, 5.41) is 8.23. The summed E-state index contributed by atoms with van der Waals surface area (Å²) in [5.74, 6) is -1.25. The van der Waals surface area contributed by atoms with Gasteiger partial charge < -0.3 is 30.2 Å². The molecule has 2 saturated heterocycles. The summed E-state index contributed by atoms with van der Waals surface area (Å²) >= 11 is 0. The lowest BCUT2D eigenvalue weighted by Gasteiger charge is -2.40. The third-order valence-corrected chi connectivity index (χ3v) is 7.53. The highest BCUT2D eigenvalue weighted by Crippen LogP contribution is 2.22. The topological polar surface area (TPSA) is 156 Å². The first-order chi connectivity index (χ1) is 21.3. The van der Waals surface area contributed by atoms with Gasteiger partial charge in [0.2, 0.25) is 17.7 Å². The van der Waals surface area contributed by atoms with E-state index in [1.165, 1.54) is 11.8 Å². The van der Waals surface area contributed by atoms with Crippen LogP contribution in [0, 0.1) is 0 Å². The molecular weight excluding hydrogens is 580 g/mol. The van der Waals surface area contributed by atoms with Gasteiger partial charge in [-0.1, -0.05) is 42.5 Å². The van der Waals surface area contributed by atoms with Gasteiger partial charge in [0.25, 0.3) is 0 Å². The van der Waals surface area contributed by atoms with E-state index in [1.807, 2.05) is 30.3 Å². The summed E-state index contributed by atoms with van der Waals surface area (Å²) in [5.41, 5.74) is 0.892. The highest BCUT2D eigenvalue weighted by atomic mass is 16.6. The number of hydrogen-bond donors (Lipinski definition) is 3. The molecule has 3 N–H and O–H groups in total. The molecule has 2 aromatic rings. The predicted molar refractivity (Wildman–Crippen MR) is 164 cm³/mol. The van der Waals surface area contributed by atoms with Gasteiger partial charge >= 0.3 is 6.09 Å². The Labute approximate surface area is 263 Å². The summed E-state index contributed by atoms with van der Waals surface area (Å²) < 4.78 is 15.8. The number of nitrogens with one attached hydrogen (secondary N) is 3. The van der Waals surface area contributed by atoms with Crippen LogP contribution in [0.1, 0.15) is 45.2 Å². The van der Waals surface area contributed by atoms with E-state index in [0.717, 1.165) is 11.1 Å². The van der Waals surface area contributed by atoms with Crippen molar-refractivity contribution in [1.82, 2.24) is 20.9 Å². The van der Waals surface area contributed by atoms with Crippen LogP contribution in [0.5, 0.6) is 5.75 Å². The molecule has 0 bridgehead atoms. The van der Waals surface area contributed by atoms with Crippen molar-refractivity contribution >= 4 is 29.6 Å². The van der Waals surface area contributed by atoms with Crippen molar-refractivity contribution in [3.05, 3.63) is 65.7 Å². The van der Waals surface area contributed by atoms with Gasteiger partial charge in [-0.3, -0.25) is 24.1 Å². The minimum absolute atomic E-state index is 0.115. The molecule has 2 aliphatic rings. The van der Waals surface area contributed by atoms with Gasteiger partial charge in [-0.25, -0.2) is 4.79 Å². The molecule has 2 aromatic carbocycles. The standard InChI is InChI=1S/C33H42N4O8/c1-20(34-31(41)26-15-16-37(26)32(42)45-33(2,3)4)29(39)36-25(18-22-11-13-23(43-5)14-12-22)30(40)35-24(28(38)27-19-44-27)17-21-9-7-6-8-10-21/h6-14,20,24-27H,15-19H2,1-5H3,(H,34,41)(H,35,40)(H,36,39)/t20-,24-,25-,26-,27+/m0/s1. The molecule has 4 rings (SSSR count). The predicted octanol–water partition coefficient (Wildman–Crippen LogP) is 1.93. The van der Waals surface area contributed by atoms with Gasteiger partial charge in [-0.2, -0.15) is 0 Å². The van der Waals surface area contributed by atoms with E-state index in [9.17, 15) is 24.0 Å². The Kier molecular flexibility index (Phi) is 10.8. The van der Waals surface area contributed by atoms with Crippen LogP contribution in [-0.4, -0.2) is 90.6 Å². The van der Waals surface area contributed by atoms with Crippen LogP contribution in [0.25, 0.3) is 0 Å². The Balaban J connectivity index is 1.44. The van der Waals surface area contributed by atoms with E-state index < -0.39 is 59.7 Å². The first kappa shape index (κ1) is 33.4. The Hall–Kier alpha value is -4.45. The molecule has 0 saturated carbocycles. The molecule has 0 aromatic heterocycles. The molecule has 2 heterocycles. The van der Waals surface area contributed by atoms with Gasteiger partial charge in [0.1, 0.15) is 35.6 Å². The van der Waals surface area contributed by atoms with Crippen LogP contribution >= 0.6 is 0 Å². The summed E-state index contributed by atoms with van der Waals surface area (Å²) in [6.45, 7) is 7.39. The third kappa shape index (κ3) is 9.52. The van der Waals surface area contributed by atoms with E-state index in [-0.39, 0.29) is 18.6 Å². The summed E-state index contributed by atoms with van der Waals surface area (Å²) in [6.07, 6.45) is -0.363. The number of nitrogens with zero attached hydrogens (tertiary/aromatic N) is 1. The van der Waals surface area contributed by atoms with Gasteiger partial charge in [0.15, 0.2) is 5.78 Å². The second-order valence-electron chi connectivity index (χ2n) is 12.3. The smallest absolute Gasteiger partial charge is 0.410 e. The first-order valence-electron chi connectivity index (χ1n) is 15.1. The molecule has 5 atom stereocenters. The van der Waals surface area contributed by atoms with Crippen molar-refractivity contribution in [3.8, 4) is 5.75 Å². The Morgan fingerprint density at radius 2 is 1.49 bits per heavy atom. The van der Waals surface area contributed by atoms with E-state index in [0.29, 0.717) is 25.3 Å². The number of hydrogen-bond acceptors (Lipinski definition) is 8. The molecule has 0 radical (unpaired) electrons. The quantitative estimate of drug-likeness (QED) is 0.286. The van der Waals surface area contributed by atoms with Crippen LogP contribution in [0.3, 0.4) is 0 Å². The summed E-state index contributed by atoms with van der Waals surface area (Å²) in [7, 11) is 1.55. The molecule has 12 heteroatoms. The Morgan fingerprint density at radius 3 is 2.04 bits per heavy atom. The minimum atomic E-state index is -1.07. The van der Waals surface area contributed by atoms with Crippen molar-refractivity contribution < 1.29 is 38.2 Å². The number of carbonyl (C=O) groups excluding carboxylic acids is 5. The summed E-state index contributed by atoms with van der Waals surface area (Å²) in [6, 6.07) is 12.6. The molecule has 12 nitrogen and oxygen atoms in total. The molecule has 2 fully saturated rings. The minimum Gasteiger partial charge on any atom is -0.497 e. The fourth-order valence-corrected chi connectivity index (χ4v) is 4.86. The molecule has 242 valence electrons. The third-order valence-electron chi connectivity index (χ3n) is 7.53. The number of ketones is 1. The van der Waals surface area contributed by atoms with Gasteiger partial charge in [0.05, 0.1) is 19.8 Å². The first-order valence-corrected chi connectivity index (χ1v) is 15.1. The highest BCUT2D eigenvalue weighted by Gasteiger charge is 2.41. The number of amides is 4. The fourth-order valence-electron chi connectivity index (χ4n) is 4.86. The lowest BCUT2D eigenvalue weighted by Crippen LogP contribution is -2.62. The number of epoxide rings is 1. The average Bonchev–Trinajstić information content (AvgIpc) is 3.81. The second kappa shape index (κ2) is 14.6.